The van der Waals surface area contributed by atoms with Gasteiger partial charge in [-0.15, -0.1) is 0 Å². The topological polar surface area (TPSA) is 38.8 Å². The van der Waals surface area contributed by atoms with E-state index in [1.807, 2.05) is 62.5 Å². The molecule has 1 aliphatic heterocycles. The van der Waals surface area contributed by atoms with Gasteiger partial charge in [0.2, 0.25) is 0 Å². The highest BCUT2D eigenvalue weighted by Crippen LogP contribution is 2.30. The lowest BCUT2D eigenvalue weighted by atomic mass is 10.1. The Morgan fingerprint density at radius 2 is 1.91 bits per heavy atom. The second-order valence-corrected chi connectivity index (χ2v) is 5.82. The average molecular weight is 311 g/mol. The van der Waals surface area contributed by atoms with Crippen molar-refractivity contribution in [2.75, 3.05) is 14.2 Å². The molecule has 4 nitrogen and oxygen atoms in total. The van der Waals surface area contributed by atoms with Crippen molar-refractivity contribution in [1.82, 2.24) is 4.90 Å². The highest BCUT2D eigenvalue weighted by molar-refractivity contribution is 5.82. The number of fused-ring (bicyclic) bond motifs is 1. The number of amides is 1. The fourth-order valence-corrected chi connectivity index (χ4v) is 2.84. The molecule has 2 aromatic carbocycles. The van der Waals surface area contributed by atoms with E-state index in [-0.39, 0.29) is 11.9 Å². The molecule has 0 N–H and O–H groups in total. The lowest BCUT2D eigenvalue weighted by Gasteiger charge is -2.27. The summed E-state index contributed by atoms with van der Waals surface area (Å²) in [5.41, 5.74) is 2.16. The molecule has 0 saturated heterocycles. The molecule has 0 bridgehead atoms. The molecule has 1 heterocycles. The number of nitrogens with zero attached hydrogens (tertiary/aromatic N) is 1. The van der Waals surface area contributed by atoms with Crippen molar-refractivity contribution in [3.05, 3.63) is 59.7 Å². The van der Waals surface area contributed by atoms with E-state index in [0.29, 0.717) is 6.42 Å². The predicted octanol–water partition coefficient (Wildman–Crippen LogP) is 3.22. The molecule has 0 fully saturated rings. The Kier molecular flexibility index (Phi) is 4.24. The Morgan fingerprint density at radius 1 is 1.22 bits per heavy atom. The zero-order valence-corrected chi connectivity index (χ0v) is 13.7. The van der Waals surface area contributed by atoms with E-state index >= 15 is 0 Å². The van der Waals surface area contributed by atoms with Gasteiger partial charge in [-0.25, -0.2) is 0 Å². The first-order chi connectivity index (χ1) is 11.1. The molecule has 2 aromatic rings. The number of hydrogen-bond acceptors (Lipinski definition) is 3. The van der Waals surface area contributed by atoms with Gasteiger partial charge in [0.25, 0.3) is 5.91 Å². The second-order valence-electron chi connectivity index (χ2n) is 5.82. The van der Waals surface area contributed by atoms with E-state index in [2.05, 4.69) is 0 Å². The fourth-order valence-electron chi connectivity index (χ4n) is 2.84. The van der Waals surface area contributed by atoms with Crippen LogP contribution in [0.5, 0.6) is 11.5 Å². The van der Waals surface area contributed by atoms with Crippen LogP contribution < -0.4 is 9.47 Å². The fraction of sp³-hybridized carbons (Fsp3) is 0.316. The summed E-state index contributed by atoms with van der Waals surface area (Å²) < 4.78 is 11.0. The molecule has 0 aliphatic carbocycles. The average Bonchev–Trinajstić information content (AvgIpc) is 3.04. The van der Waals surface area contributed by atoms with Crippen molar-refractivity contribution in [3.8, 4) is 11.5 Å². The molecule has 0 aromatic heterocycles. The van der Waals surface area contributed by atoms with Gasteiger partial charge < -0.3 is 14.4 Å². The van der Waals surface area contributed by atoms with Crippen LogP contribution in [-0.4, -0.2) is 31.1 Å². The summed E-state index contributed by atoms with van der Waals surface area (Å²) in [7, 11) is 3.47. The number of ether oxygens (including phenoxy) is 2. The monoisotopic (exact) mass is 311 g/mol. The molecule has 120 valence electrons. The van der Waals surface area contributed by atoms with Crippen LogP contribution in [0.3, 0.4) is 0 Å². The molecule has 1 aliphatic rings. The molecule has 1 amide bonds. The molecule has 0 saturated carbocycles. The van der Waals surface area contributed by atoms with Crippen molar-refractivity contribution < 1.29 is 14.3 Å². The number of carbonyl (C=O) groups excluding carboxylic acids is 1. The third-order valence-electron chi connectivity index (χ3n) is 4.45. The van der Waals surface area contributed by atoms with Gasteiger partial charge in [0, 0.05) is 13.5 Å². The van der Waals surface area contributed by atoms with E-state index in [9.17, 15) is 4.79 Å². The first-order valence-corrected chi connectivity index (χ1v) is 7.75. The highest BCUT2D eigenvalue weighted by Gasteiger charge is 2.32. The van der Waals surface area contributed by atoms with E-state index in [0.717, 1.165) is 22.6 Å². The maximum absolute atomic E-state index is 12.7. The molecule has 2 atom stereocenters. The van der Waals surface area contributed by atoms with E-state index in [1.54, 1.807) is 12.0 Å². The Bertz CT molecular complexity index is 671. The highest BCUT2D eigenvalue weighted by atomic mass is 16.5. The SMILES string of the molecule is COc1ccc(C(C)N(C)C(=O)C2Cc3ccccc3O2)cc1. The summed E-state index contributed by atoms with van der Waals surface area (Å²) >= 11 is 0. The first-order valence-electron chi connectivity index (χ1n) is 7.75. The maximum Gasteiger partial charge on any atom is 0.264 e. The molecule has 0 radical (unpaired) electrons. The summed E-state index contributed by atoms with van der Waals surface area (Å²) in [6.45, 7) is 2.02. The van der Waals surface area contributed by atoms with Gasteiger partial charge in [0.05, 0.1) is 13.2 Å². The Balaban J connectivity index is 1.70. The van der Waals surface area contributed by atoms with Crippen LogP contribution in [-0.2, 0) is 11.2 Å². The molecular weight excluding hydrogens is 290 g/mol. The van der Waals surface area contributed by atoms with E-state index < -0.39 is 6.10 Å². The third kappa shape index (κ3) is 3.02. The van der Waals surface area contributed by atoms with Crippen LogP contribution in [0.15, 0.2) is 48.5 Å². The summed E-state index contributed by atoms with van der Waals surface area (Å²) in [4.78, 5) is 14.5. The van der Waals surface area contributed by atoms with Crippen molar-refractivity contribution in [2.45, 2.75) is 25.5 Å². The van der Waals surface area contributed by atoms with Crippen molar-refractivity contribution in [3.63, 3.8) is 0 Å². The zero-order valence-electron chi connectivity index (χ0n) is 13.7. The number of likely N-dealkylation sites (N-methyl/N-ethyl adjacent to an activating group) is 1. The van der Waals surface area contributed by atoms with Gasteiger partial charge in [-0.05, 0) is 36.2 Å². The van der Waals surface area contributed by atoms with Crippen LogP contribution in [0.1, 0.15) is 24.1 Å². The zero-order chi connectivity index (χ0) is 16.4. The number of rotatable bonds is 4. The molecular formula is C19H21NO3. The minimum absolute atomic E-state index is 0.00418. The van der Waals surface area contributed by atoms with Gasteiger partial charge in [-0.2, -0.15) is 0 Å². The lowest BCUT2D eigenvalue weighted by Crippen LogP contribution is -2.40. The van der Waals surface area contributed by atoms with Crippen LogP contribution >= 0.6 is 0 Å². The number of methoxy groups -OCH3 is 1. The first kappa shape index (κ1) is 15.4. The molecule has 2 unspecified atom stereocenters. The van der Waals surface area contributed by atoms with Gasteiger partial charge in [-0.1, -0.05) is 30.3 Å². The number of para-hydroxylation sites is 1. The quantitative estimate of drug-likeness (QED) is 0.870. The Labute approximate surface area is 136 Å². The van der Waals surface area contributed by atoms with Crippen molar-refractivity contribution >= 4 is 5.91 Å². The van der Waals surface area contributed by atoms with Crippen molar-refractivity contribution in [1.29, 1.82) is 0 Å². The molecule has 23 heavy (non-hydrogen) atoms. The van der Waals surface area contributed by atoms with Crippen LogP contribution in [0.25, 0.3) is 0 Å². The number of carbonyl (C=O) groups is 1. The smallest absolute Gasteiger partial charge is 0.264 e. The largest absolute Gasteiger partial charge is 0.497 e. The van der Waals surface area contributed by atoms with Crippen LogP contribution in [0, 0.1) is 0 Å². The normalized spacial score (nSPS) is 17.1. The summed E-state index contributed by atoms with van der Waals surface area (Å²) in [6.07, 6.45) is 0.201. The van der Waals surface area contributed by atoms with Gasteiger partial charge in [-0.3, -0.25) is 4.79 Å². The van der Waals surface area contributed by atoms with Gasteiger partial charge >= 0.3 is 0 Å². The summed E-state index contributed by atoms with van der Waals surface area (Å²) in [5, 5.41) is 0. The summed E-state index contributed by atoms with van der Waals surface area (Å²) in [5.74, 6) is 1.63. The standard InChI is InChI=1S/C19H21NO3/c1-13(14-8-10-16(22-3)11-9-14)20(2)19(21)18-12-15-6-4-5-7-17(15)23-18/h4-11,13,18H,12H2,1-3H3. The predicted molar refractivity (Wildman–Crippen MR) is 88.7 cm³/mol. The van der Waals surface area contributed by atoms with Gasteiger partial charge in [0.15, 0.2) is 6.10 Å². The Hall–Kier alpha value is -2.49. The Morgan fingerprint density at radius 3 is 2.57 bits per heavy atom. The van der Waals surface area contributed by atoms with Crippen LogP contribution in [0.2, 0.25) is 0 Å². The summed E-state index contributed by atoms with van der Waals surface area (Å²) in [6, 6.07) is 15.6. The van der Waals surface area contributed by atoms with Crippen LogP contribution in [0.4, 0.5) is 0 Å². The number of hydrogen-bond donors (Lipinski definition) is 0. The minimum atomic E-state index is -0.432. The van der Waals surface area contributed by atoms with E-state index in [4.69, 9.17) is 9.47 Å². The second kappa shape index (κ2) is 6.32. The lowest BCUT2D eigenvalue weighted by molar-refractivity contribution is -0.138. The minimum Gasteiger partial charge on any atom is -0.497 e. The van der Waals surface area contributed by atoms with Crippen molar-refractivity contribution in [2.24, 2.45) is 0 Å². The molecule has 0 spiro atoms. The maximum atomic E-state index is 12.7. The third-order valence-corrected chi connectivity index (χ3v) is 4.45. The van der Waals surface area contributed by atoms with E-state index in [1.165, 1.54) is 0 Å². The molecule has 4 heteroatoms. The molecule has 3 rings (SSSR count). The van der Waals surface area contributed by atoms with Gasteiger partial charge in [0.1, 0.15) is 11.5 Å². The number of benzene rings is 2.